The molecule has 17 heavy (non-hydrogen) atoms. The van der Waals surface area contributed by atoms with E-state index in [0.717, 1.165) is 32.2 Å². The maximum absolute atomic E-state index is 12.1. The third-order valence-electron chi connectivity index (χ3n) is 4.21. The van der Waals surface area contributed by atoms with Crippen molar-refractivity contribution in [3.05, 3.63) is 0 Å². The summed E-state index contributed by atoms with van der Waals surface area (Å²) in [5.41, 5.74) is -0.281. The summed E-state index contributed by atoms with van der Waals surface area (Å²) >= 11 is 0. The van der Waals surface area contributed by atoms with E-state index in [1.54, 1.807) is 0 Å². The lowest BCUT2D eigenvalue weighted by molar-refractivity contribution is -0.130. The van der Waals surface area contributed by atoms with Gasteiger partial charge >= 0.3 is 0 Å². The fraction of sp³-hybridized carbons (Fsp3) is 0.929. The molecule has 98 valence electrons. The largest absolute Gasteiger partial charge is 0.369 e. The van der Waals surface area contributed by atoms with Crippen molar-refractivity contribution >= 4 is 5.91 Å². The number of ether oxygens (including phenoxy) is 1. The minimum Gasteiger partial charge on any atom is -0.369 e. The van der Waals surface area contributed by atoms with Crippen molar-refractivity contribution in [2.45, 2.75) is 64.6 Å². The molecule has 3 heteroatoms. The first-order valence-corrected chi connectivity index (χ1v) is 6.80. The Hall–Kier alpha value is -0.570. The predicted molar refractivity (Wildman–Crippen MR) is 67.7 cm³/mol. The number of hydrogen-bond donors (Lipinski definition) is 1. The van der Waals surface area contributed by atoms with Crippen LogP contribution in [0.3, 0.4) is 0 Å². The Morgan fingerprint density at radius 1 is 1.24 bits per heavy atom. The molecule has 0 radical (unpaired) electrons. The van der Waals surface area contributed by atoms with E-state index >= 15 is 0 Å². The van der Waals surface area contributed by atoms with Crippen LogP contribution < -0.4 is 5.32 Å². The van der Waals surface area contributed by atoms with Gasteiger partial charge in [-0.05, 0) is 47.0 Å². The lowest BCUT2D eigenvalue weighted by atomic mass is 9.75. The third kappa shape index (κ3) is 2.65. The topological polar surface area (TPSA) is 38.3 Å². The number of amides is 1. The Balaban J connectivity index is 2.17. The van der Waals surface area contributed by atoms with Crippen molar-refractivity contribution in [3.63, 3.8) is 0 Å². The Kier molecular flexibility index (Phi) is 3.23. The van der Waals surface area contributed by atoms with E-state index in [4.69, 9.17) is 4.74 Å². The molecule has 2 heterocycles. The second-order valence-electron chi connectivity index (χ2n) is 6.67. The van der Waals surface area contributed by atoms with Gasteiger partial charge in [0.25, 0.3) is 0 Å². The van der Waals surface area contributed by atoms with Crippen LogP contribution in [-0.2, 0) is 9.53 Å². The highest BCUT2D eigenvalue weighted by molar-refractivity contribution is 5.79. The van der Waals surface area contributed by atoms with Crippen LogP contribution in [0.4, 0.5) is 0 Å². The SMILES string of the molecule is CC1(C)CC(C2CCCCNC2=O)C(C)(C)O1. The molecule has 0 saturated carbocycles. The van der Waals surface area contributed by atoms with Crippen LogP contribution in [0, 0.1) is 11.8 Å². The molecule has 1 amide bonds. The van der Waals surface area contributed by atoms with Crippen LogP contribution >= 0.6 is 0 Å². The minimum absolute atomic E-state index is 0.0965. The van der Waals surface area contributed by atoms with Crippen molar-refractivity contribution in [3.8, 4) is 0 Å². The molecule has 2 rings (SSSR count). The predicted octanol–water partition coefficient (Wildman–Crippen LogP) is 2.50. The minimum atomic E-state index is -0.185. The molecule has 3 nitrogen and oxygen atoms in total. The molecule has 2 aliphatic rings. The molecule has 0 aromatic heterocycles. The van der Waals surface area contributed by atoms with Crippen LogP contribution in [0.15, 0.2) is 0 Å². The summed E-state index contributed by atoms with van der Waals surface area (Å²) in [5.74, 6) is 0.715. The zero-order valence-electron chi connectivity index (χ0n) is 11.5. The van der Waals surface area contributed by atoms with Gasteiger partial charge in [-0.25, -0.2) is 0 Å². The quantitative estimate of drug-likeness (QED) is 0.763. The maximum atomic E-state index is 12.1. The lowest BCUT2D eigenvalue weighted by Crippen LogP contribution is -2.40. The van der Waals surface area contributed by atoms with Gasteiger partial charge in [-0.3, -0.25) is 4.79 Å². The summed E-state index contributed by atoms with van der Waals surface area (Å²) in [6.07, 6.45) is 4.26. The van der Waals surface area contributed by atoms with E-state index < -0.39 is 0 Å². The van der Waals surface area contributed by atoms with Crippen molar-refractivity contribution in [1.29, 1.82) is 0 Å². The van der Waals surface area contributed by atoms with Crippen molar-refractivity contribution in [2.75, 3.05) is 6.54 Å². The normalized spacial score (nSPS) is 36.4. The van der Waals surface area contributed by atoms with Crippen LogP contribution in [-0.4, -0.2) is 23.7 Å². The first-order chi connectivity index (χ1) is 7.82. The molecule has 2 aliphatic heterocycles. The van der Waals surface area contributed by atoms with E-state index in [1.165, 1.54) is 0 Å². The summed E-state index contributed by atoms with van der Waals surface area (Å²) in [4.78, 5) is 12.1. The summed E-state index contributed by atoms with van der Waals surface area (Å²) in [6.45, 7) is 9.36. The maximum Gasteiger partial charge on any atom is 0.223 e. The van der Waals surface area contributed by atoms with E-state index in [0.29, 0.717) is 5.92 Å². The van der Waals surface area contributed by atoms with Crippen LogP contribution in [0.25, 0.3) is 0 Å². The van der Waals surface area contributed by atoms with Crippen molar-refractivity contribution in [2.24, 2.45) is 11.8 Å². The number of nitrogens with one attached hydrogen (secondary N) is 1. The Morgan fingerprint density at radius 2 is 1.94 bits per heavy atom. The van der Waals surface area contributed by atoms with Crippen LogP contribution in [0.2, 0.25) is 0 Å². The number of hydrogen-bond acceptors (Lipinski definition) is 2. The first-order valence-electron chi connectivity index (χ1n) is 6.80. The van der Waals surface area contributed by atoms with Gasteiger partial charge in [-0.15, -0.1) is 0 Å². The van der Waals surface area contributed by atoms with Gasteiger partial charge in [0, 0.05) is 18.4 Å². The van der Waals surface area contributed by atoms with E-state index in [2.05, 4.69) is 33.0 Å². The summed E-state index contributed by atoms with van der Waals surface area (Å²) in [7, 11) is 0. The fourth-order valence-corrected chi connectivity index (χ4v) is 3.58. The molecule has 0 aliphatic carbocycles. The highest BCUT2D eigenvalue weighted by atomic mass is 16.5. The lowest BCUT2D eigenvalue weighted by Gasteiger charge is -2.31. The Labute approximate surface area is 104 Å². The van der Waals surface area contributed by atoms with Crippen molar-refractivity contribution < 1.29 is 9.53 Å². The highest BCUT2D eigenvalue weighted by Crippen LogP contribution is 2.47. The number of carbonyl (C=O) groups is 1. The van der Waals surface area contributed by atoms with Crippen LogP contribution in [0.1, 0.15) is 53.4 Å². The van der Waals surface area contributed by atoms with Crippen molar-refractivity contribution in [1.82, 2.24) is 5.32 Å². The van der Waals surface area contributed by atoms with Gasteiger partial charge in [0.05, 0.1) is 11.2 Å². The van der Waals surface area contributed by atoms with E-state index in [9.17, 15) is 4.79 Å². The molecule has 0 aromatic rings. The smallest absolute Gasteiger partial charge is 0.223 e. The van der Waals surface area contributed by atoms with E-state index in [1.807, 2.05) is 0 Å². The number of rotatable bonds is 1. The van der Waals surface area contributed by atoms with E-state index in [-0.39, 0.29) is 23.0 Å². The highest BCUT2D eigenvalue weighted by Gasteiger charge is 2.50. The third-order valence-corrected chi connectivity index (χ3v) is 4.21. The summed E-state index contributed by atoms with van der Waals surface area (Å²) < 4.78 is 6.11. The van der Waals surface area contributed by atoms with Gasteiger partial charge in [0.1, 0.15) is 0 Å². The van der Waals surface area contributed by atoms with Crippen LogP contribution in [0.5, 0.6) is 0 Å². The van der Waals surface area contributed by atoms with Gasteiger partial charge < -0.3 is 10.1 Å². The number of carbonyl (C=O) groups excluding carboxylic acids is 1. The molecule has 2 fully saturated rings. The first kappa shape index (κ1) is 12.9. The molecular formula is C14H25NO2. The monoisotopic (exact) mass is 239 g/mol. The average Bonchev–Trinajstić information content (AvgIpc) is 2.36. The molecule has 2 saturated heterocycles. The molecule has 2 atom stereocenters. The Bertz CT molecular complexity index is 309. The molecule has 2 unspecified atom stereocenters. The zero-order valence-corrected chi connectivity index (χ0v) is 11.5. The average molecular weight is 239 g/mol. The fourth-order valence-electron chi connectivity index (χ4n) is 3.58. The molecule has 0 spiro atoms. The van der Waals surface area contributed by atoms with Gasteiger partial charge in [-0.1, -0.05) is 6.42 Å². The Morgan fingerprint density at radius 3 is 2.53 bits per heavy atom. The molecule has 0 aromatic carbocycles. The molecule has 1 N–H and O–H groups in total. The van der Waals surface area contributed by atoms with Gasteiger partial charge in [0.2, 0.25) is 5.91 Å². The molecular weight excluding hydrogens is 214 g/mol. The second kappa shape index (κ2) is 4.27. The molecule has 0 bridgehead atoms. The second-order valence-corrected chi connectivity index (χ2v) is 6.67. The van der Waals surface area contributed by atoms with Gasteiger partial charge in [0.15, 0.2) is 0 Å². The van der Waals surface area contributed by atoms with Gasteiger partial charge in [-0.2, -0.15) is 0 Å². The standard InChI is InChI=1S/C14H25NO2/c1-13(2)9-11(14(3,4)17-13)10-7-5-6-8-15-12(10)16/h10-11H,5-9H2,1-4H3,(H,15,16). The summed E-state index contributed by atoms with van der Waals surface area (Å²) in [5, 5.41) is 3.04. The summed E-state index contributed by atoms with van der Waals surface area (Å²) in [6, 6.07) is 0. The zero-order chi connectivity index (χ0) is 12.7.